The van der Waals surface area contributed by atoms with E-state index in [9.17, 15) is 9.90 Å². The fourth-order valence-corrected chi connectivity index (χ4v) is 4.15. The molecule has 2 fully saturated rings. The van der Waals surface area contributed by atoms with Crippen LogP contribution in [0.4, 0.5) is 4.79 Å². The Morgan fingerprint density at radius 1 is 1.32 bits per heavy atom. The first-order chi connectivity index (χ1) is 11.6. The molecule has 0 bridgehead atoms. The highest BCUT2D eigenvalue weighted by Crippen LogP contribution is 2.38. The van der Waals surface area contributed by atoms with Crippen LogP contribution < -0.4 is 0 Å². The van der Waals surface area contributed by atoms with Crippen LogP contribution in [0.5, 0.6) is 5.75 Å². The number of carbonyl (C=O) groups is 1. The Labute approximate surface area is 154 Å². The second kappa shape index (κ2) is 6.69. The number of nitrogens with zero attached hydrogens (tertiary/aromatic N) is 2. The van der Waals surface area contributed by atoms with E-state index in [-0.39, 0.29) is 17.9 Å². The molecule has 2 aliphatic rings. The van der Waals surface area contributed by atoms with Crippen molar-refractivity contribution in [2.45, 2.75) is 45.9 Å². The molecule has 0 unspecified atom stereocenters. The Bertz CT molecular complexity index is 659. The smallest absolute Gasteiger partial charge is 0.410 e. The number of phenolic OH excluding ortho intramolecular Hbond substituents is 1. The Balaban J connectivity index is 1.60. The van der Waals surface area contributed by atoms with Gasteiger partial charge in [0.1, 0.15) is 11.4 Å². The zero-order valence-corrected chi connectivity index (χ0v) is 16.1. The molecule has 0 saturated carbocycles. The Hall–Kier alpha value is -1.46. The minimum Gasteiger partial charge on any atom is -0.508 e. The number of hydrogen-bond acceptors (Lipinski definition) is 4. The monoisotopic (exact) mass is 366 g/mol. The molecule has 25 heavy (non-hydrogen) atoms. The van der Waals surface area contributed by atoms with Gasteiger partial charge in [-0.25, -0.2) is 4.79 Å². The predicted molar refractivity (Wildman–Crippen MR) is 97.8 cm³/mol. The fraction of sp³-hybridized carbons (Fsp3) is 0.632. The first kappa shape index (κ1) is 18.3. The van der Waals surface area contributed by atoms with Gasteiger partial charge in [-0.1, -0.05) is 17.7 Å². The molecular weight excluding hydrogens is 340 g/mol. The average molecular weight is 367 g/mol. The molecule has 0 aliphatic carbocycles. The van der Waals surface area contributed by atoms with Crippen LogP contribution in [0.25, 0.3) is 0 Å². The lowest BCUT2D eigenvalue weighted by molar-refractivity contribution is 0.0207. The summed E-state index contributed by atoms with van der Waals surface area (Å²) in [5, 5.41) is 10.6. The molecule has 1 amide bonds. The van der Waals surface area contributed by atoms with Gasteiger partial charge in [0.25, 0.3) is 0 Å². The van der Waals surface area contributed by atoms with E-state index in [1.54, 1.807) is 12.1 Å². The fourth-order valence-electron chi connectivity index (χ4n) is 3.98. The summed E-state index contributed by atoms with van der Waals surface area (Å²) in [5.41, 5.74) is 0.424. The van der Waals surface area contributed by atoms with Crippen molar-refractivity contribution >= 4 is 17.7 Å². The Morgan fingerprint density at radius 3 is 2.64 bits per heavy atom. The van der Waals surface area contributed by atoms with E-state index in [4.69, 9.17) is 16.3 Å². The van der Waals surface area contributed by atoms with Crippen LogP contribution >= 0.6 is 11.6 Å². The number of phenols is 1. The van der Waals surface area contributed by atoms with Crippen molar-refractivity contribution in [2.24, 2.45) is 11.8 Å². The molecule has 5 nitrogen and oxygen atoms in total. The van der Waals surface area contributed by atoms with Crippen molar-refractivity contribution in [1.82, 2.24) is 9.80 Å². The number of rotatable bonds is 2. The topological polar surface area (TPSA) is 53.0 Å². The van der Waals surface area contributed by atoms with Gasteiger partial charge in [0, 0.05) is 42.8 Å². The van der Waals surface area contributed by atoms with Gasteiger partial charge in [-0.05, 0) is 51.7 Å². The van der Waals surface area contributed by atoms with Crippen LogP contribution in [0.2, 0.25) is 5.02 Å². The van der Waals surface area contributed by atoms with Gasteiger partial charge in [-0.15, -0.1) is 0 Å². The minimum absolute atomic E-state index is 0.170. The number of benzene rings is 1. The summed E-state index contributed by atoms with van der Waals surface area (Å²) in [5.74, 6) is 1.15. The molecule has 0 aromatic heterocycles. The normalized spacial score (nSPS) is 26.8. The second-order valence-electron chi connectivity index (χ2n) is 8.26. The summed E-state index contributed by atoms with van der Waals surface area (Å²) in [4.78, 5) is 16.6. The number of ether oxygens (including phenoxy) is 1. The number of fused-ring (bicyclic) bond motifs is 1. The Kier molecular flexibility index (Phi) is 4.91. The highest BCUT2D eigenvalue weighted by atomic mass is 35.5. The van der Waals surface area contributed by atoms with Crippen molar-refractivity contribution in [2.75, 3.05) is 19.6 Å². The second-order valence-corrected chi connectivity index (χ2v) is 8.70. The van der Waals surface area contributed by atoms with E-state index in [0.717, 1.165) is 25.2 Å². The number of halogens is 1. The molecule has 0 radical (unpaired) electrons. The highest BCUT2D eigenvalue weighted by molar-refractivity contribution is 6.30. The third-order valence-corrected chi connectivity index (χ3v) is 5.41. The molecule has 1 aromatic carbocycles. The summed E-state index contributed by atoms with van der Waals surface area (Å²) < 4.78 is 5.53. The highest BCUT2D eigenvalue weighted by Gasteiger charge is 2.47. The lowest BCUT2D eigenvalue weighted by Crippen LogP contribution is -2.41. The van der Waals surface area contributed by atoms with Crippen molar-refractivity contribution in [3.8, 4) is 5.75 Å². The summed E-state index contributed by atoms with van der Waals surface area (Å²) in [6, 6.07) is 5.44. The third kappa shape index (κ3) is 4.04. The quantitative estimate of drug-likeness (QED) is 0.866. The van der Waals surface area contributed by atoms with Crippen LogP contribution in [0.3, 0.4) is 0 Å². The summed E-state index contributed by atoms with van der Waals surface area (Å²) in [7, 11) is 0. The van der Waals surface area contributed by atoms with Crippen LogP contribution in [0.15, 0.2) is 18.2 Å². The lowest BCUT2D eigenvalue weighted by atomic mass is 9.95. The first-order valence-corrected chi connectivity index (χ1v) is 9.21. The average Bonchev–Trinajstić information content (AvgIpc) is 3.00. The van der Waals surface area contributed by atoms with Gasteiger partial charge in [0.2, 0.25) is 0 Å². The Morgan fingerprint density at radius 2 is 2.04 bits per heavy atom. The van der Waals surface area contributed by atoms with Gasteiger partial charge in [-0.2, -0.15) is 0 Å². The molecular formula is C19H27ClN2O3. The van der Waals surface area contributed by atoms with Crippen molar-refractivity contribution in [3.63, 3.8) is 0 Å². The number of hydrogen-bond donors (Lipinski definition) is 1. The molecule has 2 aliphatic heterocycles. The van der Waals surface area contributed by atoms with Crippen LogP contribution in [0, 0.1) is 11.8 Å². The van der Waals surface area contributed by atoms with Crippen LogP contribution in [-0.2, 0) is 11.3 Å². The maximum absolute atomic E-state index is 12.4. The van der Waals surface area contributed by atoms with Gasteiger partial charge in [-0.3, -0.25) is 4.90 Å². The summed E-state index contributed by atoms with van der Waals surface area (Å²) >= 11 is 5.90. The molecule has 2 saturated heterocycles. The summed E-state index contributed by atoms with van der Waals surface area (Å²) in [6.07, 6.45) is -0.212. The van der Waals surface area contributed by atoms with E-state index in [2.05, 4.69) is 11.8 Å². The van der Waals surface area contributed by atoms with E-state index in [1.807, 2.05) is 31.7 Å². The maximum atomic E-state index is 12.4. The largest absolute Gasteiger partial charge is 0.508 e. The van der Waals surface area contributed by atoms with E-state index in [0.29, 0.717) is 23.4 Å². The van der Waals surface area contributed by atoms with Gasteiger partial charge < -0.3 is 14.7 Å². The van der Waals surface area contributed by atoms with Crippen LogP contribution in [0.1, 0.15) is 33.3 Å². The van der Waals surface area contributed by atoms with Gasteiger partial charge in [0.05, 0.1) is 0 Å². The number of likely N-dealkylation sites (tertiary alicyclic amines) is 2. The molecule has 3 atom stereocenters. The zero-order chi connectivity index (χ0) is 18.4. The number of carbonyl (C=O) groups excluding carboxylic acids is 1. The molecule has 1 aromatic rings. The molecule has 3 rings (SSSR count). The van der Waals surface area contributed by atoms with Crippen LogP contribution in [-0.4, -0.2) is 52.3 Å². The molecule has 138 valence electrons. The standard InChI is InChI=1S/C19H27ClN2O3/c1-12-16-11-21(8-13-5-6-15(20)7-17(13)23)9-14(16)10-22(12)18(24)25-19(2,3)4/h5-7,12,14,16,23H,8-11H2,1-4H3/t12-,14+,16-/m0/s1. The molecule has 1 N–H and O–H groups in total. The number of aromatic hydroxyl groups is 1. The van der Waals surface area contributed by atoms with E-state index >= 15 is 0 Å². The maximum Gasteiger partial charge on any atom is 0.410 e. The minimum atomic E-state index is -0.466. The molecule has 0 spiro atoms. The predicted octanol–water partition coefficient (Wildman–Crippen LogP) is 3.73. The molecule has 2 heterocycles. The summed E-state index contributed by atoms with van der Waals surface area (Å²) in [6.45, 7) is 11.1. The first-order valence-electron chi connectivity index (χ1n) is 8.83. The van der Waals surface area contributed by atoms with Crippen molar-refractivity contribution < 1.29 is 14.6 Å². The van der Waals surface area contributed by atoms with E-state index < -0.39 is 5.60 Å². The SMILES string of the molecule is C[C@H]1[C@@H]2CN(Cc3ccc(Cl)cc3O)C[C@@H]2CN1C(=O)OC(C)(C)C. The lowest BCUT2D eigenvalue weighted by Gasteiger charge is -2.29. The molecule has 6 heteroatoms. The zero-order valence-electron chi connectivity index (χ0n) is 15.3. The van der Waals surface area contributed by atoms with Crippen molar-refractivity contribution in [3.05, 3.63) is 28.8 Å². The van der Waals surface area contributed by atoms with Gasteiger partial charge >= 0.3 is 6.09 Å². The van der Waals surface area contributed by atoms with E-state index in [1.165, 1.54) is 0 Å². The number of amides is 1. The third-order valence-electron chi connectivity index (χ3n) is 5.18. The van der Waals surface area contributed by atoms with Crippen molar-refractivity contribution in [1.29, 1.82) is 0 Å². The van der Waals surface area contributed by atoms with Gasteiger partial charge in [0.15, 0.2) is 0 Å².